The molecule has 1 aromatic rings. The van der Waals surface area contributed by atoms with Crippen molar-refractivity contribution in [3.8, 4) is 0 Å². The van der Waals surface area contributed by atoms with Gasteiger partial charge in [-0.05, 0) is 59.0 Å². The summed E-state index contributed by atoms with van der Waals surface area (Å²) in [5, 5.41) is 0. The van der Waals surface area contributed by atoms with Gasteiger partial charge < -0.3 is 4.90 Å². The average Bonchev–Trinajstić information content (AvgIpc) is 2.39. The minimum atomic E-state index is 0.187. The largest absolute Gasteiger partial charge is 0.339 e. The zero-order chi connectivity index (χ0) is 13.2. The van der Waals surface area contributed by atoms with Crippen LogP contribution in [0.2, 0.25) is 0 Å². The molecule has 0 N–H and O–H groups in total. The minimum absolute atomic E-state index is 0.187. The standard InChI is InChI=1S/C15H20INO/c1-3-15(2)7-9-17(10-8-15)14(18)12-5-4-6-13(16)11-12/h4-6,11H,3,7-10H2,1-2H3. The normalized spacial score (nSPS) is 18.7. The molecule has 18 heavy (non-hydrogen) atoms. The lowest BCUT2D eigenvalue weighted by Crippen LogP contribution is -2.41. The second-order valence-electron chi connectivity index (χ2n) is 5.47. The summed E-state index contributed by atoms with van der Waals surface area (Å²) in [6.45, 7) is 6.38. The van der Waals surface area contributed by atoms with E-state index < -0.39 is 0 Å². The van der Waals surface area contributed by atoms with Crippen LogP contribution in [0.25, 0.3) is 0 Å². The molecule has 1 aliphatic heterocycles. The van der Waals surface area contributed by atoms with Crippen molar-refractivity contribution in [3.05, 3.63) is 33.4 Å². The van der Waals surface area contributed by atoms with Gasteiger partial charge in [-0.2, -0.15) is 0 Å². The number of likely N-dealkylation sites (tertiary alicyclic amines) is 1. The van der Waals surface area contributed by atoms with Crippen molar-refractivity contribution in [3.63, 3.8) is 0 Å². The van der Waals surface area contributed by atoms with Gasteiger partial charge in [-0.1, -0.05) is 26.3 Å². The predicted octanol–water partition coefficient (Wildman–Crippen LogP) is 3.94. The van der Waals surface area contributed by atoms with Crippen LogP contribution in [-0.2, 0) is 0 Å². The minimum Gasteiger partial charge on any atom is -0.339 e. The Hall–Kier alpha value is -0.580. The van der Waals surface area contributed by atoms with E-state index >= 15 is 0 Å². The molecule has 0 aromatic heterocycles. The molecular weight excluding hydrogens is 337 g/mol. The summed E-state index contributed by atoms with van der Waals surface area (Å²) in [4.78, 5) is 14.4. The maximum absolute atomic E-state index is 12.4. The van der Waals surface area contributed by atoms with Gasteiger partial charge in [0.2, 0.25) is 0 Å². The second-order valence-corrected chi connectivity index (χ2v) is 6.71. The average molecular weight is 357 g/mol. The lowest BCUT2D eigenvalue weighted by Gasteiger charge is -2.39. The van der Waals surface area contributed by atoms with Gasteiger partial charge in [0, 0.05) is 22.2 Å². The molecule has 0 saturated carbocycles. The molecule has 0 radical (unpaired) electrons. The van der Waals surface area contributed by atoms with Gasteiger partial charge in [-0.15, -0.1) is 0 Å². The lowest BCUT2D eigenvalue weighted by molar-refractivity contribution is 0.0600. The number of carbonyl (C=O) groups is 1. The summed E-state index contributed by atoms with van der Waals surface area (Å²) in [7, 11) is 0. The first-order valence-corrected chi connectivity index (χ1v) is 7.67. The van der Waals surface area contributed by atoms with E-state index in [9.17, 15) is 4.79 Å². The van der Waals surface area contributed by atoms with Crippen molar-refractivity contribution in [2.24, 2.45) is 5.41 Å². The first kappa shape index (κ1) is 13.8. The zero-order valence-electron chi connectivity index (χ0n) is 11.1. The number of amides is 1. The molecule has 1 saturated heterocycles. The van der Waals surface area contributed by atoms with Crippen LogP contribution >= 0.6 is 22.6 Å². The Morgan fingerprint density at radius 1 is 1.39 bits per heavy atom. The molecule has 0 unspecified atom stereocenters. The van der Waals surface area contributed by atoms with Crippen molar-refractivity contribution in [2.75, 3.05) is 13.1 Å². The van der Waals surface area contributed by atoms with E-state index in [2.05, 4.69) is 36.4 Å². The van der Waals surface area contributed by atoms with Gasteiger partial charge >= 0.3 is 0 Å². The van der Waals surface area contributed by atoms with E-state index in [0.717, 1.165) is 35.1 Å². The Kier molecular flexibility index (Phi) is 4.30. The fraction of sp³-hybridized carbons (Fsp3) is 0.533. The molecule has 1 heterocycles. The van der Waals surface area contributed by atoms with Gasteiger partial charge in [0.05, 0.1) is 0 Å². The van der Waals surface area contributed by atoms with E-state index in [-0.39, 0.29) is 5.91 Å². The maximum Gasteiger partial charge on any atom is 0.253 e. The van der Waals surface area contributed by atoms with Gasteiger partial charge in [0.25, 0.3) is 5.91 Å². The van der Waals surface area contributed by atoms with Crippen LogP contribution < -0.4 is 0 Å². The van der Waals surface area contributed by atoms with Crippen LogP contribution in [0.3, 0.4) is 0 Å². The molecule has 2 rings (SSSR count). The highest BCUT2D eigenvalue weighted by Crippen LogP contribution is 2.34. The Labute approximate surface area is 123 Å². The highest BCUT2D eigenvalue weighted by Gasteiger charge is 2.30. The van der Waals surface area contributed by atoms with E-state index in [1.165, 1.54) is 6.42 Å². The van der Waals surface area contributed by atoms with E-state index in [1.807, 2.05) is 29.2 Å². The number of carbonyl (C=O) groups excluding carboxylic acids is 1. The summed E-state index contributed by atoms with van der Waals surface area (Å²) in [6.07, 6.45) is 3.45. The van der Waals surface area contributed by atoms with Gasteiger partial charge in [0.15, 0.2) is 0 Å². The van der Waals surface area contributed by atoms with Crippen molar-refractivity contribution in [2.45, 2.75) is 33.1 Å². The van der Waals surface area contributed by atoms with Gasteiger partial charge in [0.1, 0.15) is 0 Å². The van der Waals surface area contributed by atoms with Crippen LogP contribution in [0.5, 0.6) is 0 Å². The monoisotopic (exact) mass is 357 g/mol. The lowest BCUT2D eigenvalue weighted by atomic mass is 9.78. The van der Waals surface area contributed by atoms with Gasteiger partial charge in [-0.25, -0.2) is 0 Å². The number of benzene rings is 1. The van der Waals surface area contributed by atoms with Crippen LogP contribution in [0.15, 0.2) is 24.3 Å². The first-order chi connectivity index (χ1) is 8.54. The number of hydrogen-bond donors (Lipinski definition) is 0. The molecule has 0 bridgehead atoms. The quantitative estimate of drug-likeness (QED) is 0.734. The van der Waals surface area contributed by atoms with Crippen molar-refractivity contribution >= 4 is 28.5 Å². The molecule has 1 aliphatic rings. The third kappa shape index (κ3) is 3.05. The maximum atomic E-state index is 12.4. The molecular formula is C15H20INO. The highest BCUT2D eigenvalue weighted by molar-refractivity contribution is 14.1. The molecule has 1 aromatic carbocycles. The Bertz CT molecular complexity index is 436. The number of rotatable bonds is 2. The topological polar surface area (TPSA) is 20.3 Å². The number of nitrogens with zero attached hydrogens (tertiary/aromatic N) is 1. The number of halogens is 1. The summed E-state index contributed by atoms with van der Waals surface area (Å²) in [5.41, 5.74) is 1.25. The summed E-state index contributed by atoms with van der Waals surface area (Å²) in [6, 6.07) is 7.85. The third-order valence-electron chi connectivity index (χ3n) is 4.18. The molecule has 3 heteroatoms. The van der Waals surface area contributed by atoms with Crippen LogP contribution in [0, 0.1) is 8.99 Å². The Balaban J connectivity index is 2.04. The van der Waals surface area contributed by atoms with Crippen LogP contribution in [0.1, 0.15) is 43.5 Å². The first-order valence-electron chi connectivity index (χ1n) is 6.59. The number of hydrogen-bond acceptors (Lipinski definition) is 1. The second kappa shape index (κ2) is 5.59. The molecule has 0 aliphatic carbocycles. The summed E-state index contributed by atoms with van der Waals surface area (Å²) in [5.74, 6) is 0.187. The van der Waals surface area contributed by atoms with E-state index in [1.54, 1.807) is 0 Å². The fourth-order valence-corrected chi connectivity index (χ4v) is 2.95. The predicted molar refractivity (Wildman–Crippen MR) is 82.7 cm³/mol. The molecule has 2 nitrogen and oxygen atoms in total. The van der Waals surface area contributed by atoms with E-state index in [0.29, 0.717) is 5.41 Å². The number of piperidine rings is 1. The molecule has 0 spiro atoms. The summed E-state index contributed by atoms with van der Waals surface area (Å²) >= 11 is 2.25. The fourth-order valence-electron chi connectivity index (χ4n) is 2.41. The molecule has 0 atom stereocenters. The van der Waals surface area contributed by atoms with Crippen LogP contribution in [0.4, 0.5) is 0 Å². The molecule has 1 fully saturated rings. The van der Waals surface area contributed by atoms with Crippen LogP contribution in [-0.4, -0.2) is 23.9 Å². The summed E-state index contributed by atoms with van der Waals surface area (Å²) < 4.78 is 1.12. The van der Waals surface area contributed by atoms with Crippen molar-refractivity contribution < 1.29 is 4.79 Å². The van der Waals surface area contributed by atoms with E-state index in [4.69, 9.17) is 0 Å². The third-order valence-corrected chi connectivity index (χ3v) is 4.85. The van der Waals surface area contributed by atoms with Crippen molar-refractivity contribution in [1.29, 1.82) is 0 Å². The molecule has 1 amide bonds. The zero-order valence-corrected chi connectivity index (χ0v) is 13.2. The smallest absolute Gasteiger partial charge is 0.253 e. The highest BCUT2D eigenvalue weighted by atomic mass is 127. The Morgan fingerprint density at radius 3 is 2.61 bits per heavy atom. The van der Waals surface area contributed by atoms with Gasteiger partial charge in [-0.3, -0.25) is 4.79 Å². The van der Waals surface area contributed by atoms with Crippen molar-refractivity contribution in [1.82, 2.24) is 4.90 Å². The molecule has 98 valence electrons. The SMILES string of the molecule is CCC1(C)CCN(C(=O)c2cccc(I)c2)CC1. The Morgan fingerprint density at radius 2 is 2.06 bits per heavy atom.